The number of amides is 2. The Kier molecular flexibility index (Phi) is 7.44. The fourth-order valence-corrected chi connectivity index (χ4v) is 4.71. The van der Waals surface area contributed by atoms with E-state index in [9.17, 15) is 9.59 Å². The van der Waals surface area contributed by atoms with Gasteiger partial charge in [-0.15, -0.1) is 11.3 Å². The molecule has 0 radical (unpaired) electrons. The maximum Gasteiger partial charge on any atom is 0.262 e. The minimum Gasteiger partial charge on any atom is -0.497 e. The van der Waals surface area contributed by atoms with Gasteiger partial charge in [0, 0.05) is 44.6 Å². The molecule has 0 saturated carbocycles. The molecule has 8 nitrogen and oxygen atoms in total. The van der Waals surface area contributed by atoms with Crippen LogP contribution in [0.5, 0.6) is 5.75 Å². The van der Waals surface area contributed by atoms with E-state index in [0.717, 1.165) is 16.3 Å². The van der Waals surface area contributed by atoms with Crippen molar-refractivity contribution in [2.75, 3.05) is 33.9 Å². The van der Waals surface area contributed by atoms with Crippen molar-refractivity contribution in [1.82, 2.24) is 14.5 Å². The number of hydrogen-bond donors (Lipinski definition) is 0. The molecule has 1 aromatic carbocycles. The highest BCUT2D eigenvalue weighted by Crippen LogP contribution is 2.34. The molecule has 34 heavy (non-hydrogen) atoms. The van der Waals surface area contributed by atoms with Crippen LogP contribution >= 0.6 is 11.3 Å². The molecule has 3 heterocycles. The highest BCUT2D eigenvalue weighted by Gasteiger charge is 2.35. The largest absolute Gasteiger partial charge is 0.497 e. The summed E-state index contributed by atoms with van der Waals surface area (Å²) in [6, 6.07) is 14.6. The van der Waals surface area contributed by atoms with Crippen molar-refractivity contribution < 1.29 is 19.1 Å². The van der Waals surface area contributed by atoms with Gasteiger partial charge >= 0.3 is 0 Å². The zero-order valence-electron chi connectivity index (χ0n) is 19.5. The molecular weight excluding hydrogens is 452 g/mol. The van der Waals surface area contributed by atoms with E-state index in [-0.39, 0.29) is 30.9 Å². The third-order valence-electron chi connectivity index (χ3n) is 5.81. The molecule has 1 aliphatic rings. The van der Waals surface area contributed by atoms with Gasteiger partial charge in [-0.05, 0) is 47.8 Å². The average Bonchev–Trinajstić information content (AvgIpc) is 3.61. The summed E-state index contributed by atoms with van der Waals surface area (Å²) in [6.45, 7) is 0.508. The summed E-state index contributed by atoms with van der Waals surface area (Å²) in [5, 5.41) is 8.24. The molecule has 3 aromatic rings. The quantitative estimate of drug-likeness (QED) is 0.469. The molecule has 2 amide bonds. The number of nitrogens with zero attached hydrogens (tertiary/aromatic N) is 4. The number of carbonyl (C=O) groups is 2. The van der Waals surface area contributed by atoms with Gasteiger partial charge in [0.25, 0.3) is 11.8 Å². The van der Waals surface area contributed by atoms with Crippen LogP contribution in [-0.2, 0) is 16.6 Å². The van der Waals surface area contributed by atoms with Crippen molar-refractivity contribution in [3.63, 3.8) is 0 Å². The van der Waals surface area contributed by atoms with Crippen LogP contribution in [0.25, 0.3) is 0 Å². The lowest BCUT2D eigenvalue weighted by Crippen LogP contribution is -2.43. The van der Waals surface area contributed by atoms with Crippen molar-refractivity contribution in [3.05, 3.63) is 76.2 Å². The van der Waals surface area contributed by atoms with Crippen LogP contribution < -0.4 is 4.74 Å². The summed E-state index contributed by atoms with van der Waals surface area (Å²) in [5.74, 6) is 0.176. The monoisotopic (exact) mass is 480 g/mol. The first-order chi connectivity index (χ1) is 16.5. The summed E-state index contributed by atoms with van der Waals surface area (Å²) in [4.78, 5) is 29.3. The van der Waals surface area contributed by atoms with Gasteiger partial charge in [0.05, 0.1) is 24.3 Å². The van der Waals surface area contributed by atoms with E-state index >= 15 is 0 Å². The standard InChI is InChI=1S/C25H28N4O4S/c1-27-12-4-6-21(27)22-16-20(23-7-5-15-34-23)26-29(22)24(30)17-28(13-14-32-2)25(31)18-8-10-19(33-3)11-9-18/h4-12,15,22H,13-14,16-17H2,1-3H3/t22-/m1/s1. The Morgan fingerprint density at radius 2 is 1.94 bits per heavy atom. The predicted octanol–water partition coefficient (Wildman–Crippen LogP) is 3.56. The van der Waals surface area contributed by atoms with Gasteiger partial charge in [0.2, 0.25) is 0 Å². The number of thiophene rings is 1. The third-order valence-corrected chi connectivity index (χ3v) is 6.73. The fourth-order valence-electron chi connectivity index (χ4n) is 3.99. The number of carbonyl (C=O) groups excluding carboxylic acids is 2. The first-order valence-corrected chi connectivity index (χ1v) is 11.9. The van der Waals surface area contributed by atoms with Crippen molar-refractivity contribution in [3.8, 4) is 5.75 Å². The smallest absolute Gasteiger partial charge is 0.262 e. The summed E-state index contributed by atoms with van der Waals surface area (Å²) in [6.07, 6.45) is 2.58. The fraction of sp³-hybridized carbons (Fsp3) is 0.320. The van der Waals surface area contributed by atoms with Gasteiger partial charge < -0.3 is 18.9 Å². The van der Waals surface area contributed by atoms with Gasteiger partial charge in [0.15, 0.2) is 0 Å². The Morgan fingerprint density at radius 1 is 1.15 bits per heavy atom. The van der Waals surface area contributed by atoms with Crippen LogP contribution in [0.4, 0.5) is 0 Å². The van der Waals surface area contributed by atoms with Crippen molar-refractivity contribution in [1.29, 1.82) is 0 Å². The number of hydrogen-bond acceptors (Lipinski definition) is 6. The highest BCUT2D eigenvalue weighted by atomic mass is 32.1. The number of aromatic nitrogens is 1. The number of hydrazone groups is 1. The molecule has 0 aliphatic carbocycles. The highest BCUT2D eigenvalue weighted by molar-refractivity contribution is 7.12. The molecule has 0 bridgehead atoms. The van der Waals surface area contributed by atoms with Crippen LogP contribution in [0, 0.1) is 0 Å². The predicted molar refractivity (Wildman–Crippen MR) is 131 cm³/mol. The van der Waals surface area contributed by atoms with Crippen molar-refractivity contribution in [2.45, 2.75) is 12.5 Å². The summed E-state index contributed by atoms with van der Waals surface area (Å²) in [7, 11) is 5.10. The van der Waals surface area contributed by atoms with Gasteiger partial charge in [0.1, 0.15) is 18.3 Å². The molecule has 4 rings (SSSR count). The number of rotatable bonds is 9. The Hall–Kier alpha value is -3.43. The third kappa shape index (κ3) is 5.05. The maximum absolute atomic E-state index is 13.5. The van der Waals surface area contributed by atoms with Crippen LogP contribution in [0.3, 0.4) is 0 Å². The number of methoxy groups -OCH3 is 2. The second-order valence-corrected chi connectivity index (χ2v) is 8.92. The van der Waals surface area contributed by atoms with Crippen molar-refractivity contribution in [2.24, 2.45) is 12.1 Å². The zero-order chi connectivity index (χ0) is 24.1. The molecule has 0 unspecified atom stereocenters. The van der Waals surface area contributed by atoms with E-state index in [2.05, 4.69) is 0 Å². The van der Waals surface area contributed by atoms with Crippen molar-refractivity contribution >= 4 is 28.9 Å². The molecule has 0 saturated heterocycles. The Bertz CT molecular complexity index is 1150. The summed E-state index contributed by atoms with van der Waals surface area (Å²) < 4.78 is 12.4. The van der Waals surface area contributed by atoms with Gasteiger partial charge in [-0.3, -0.25) is 9.59 Å². The molecule has 0 fully saturated rings. The second kappa shape index (κ2) is 10.7. The van der Waals surface area contributed by atoms with E-state index in [0.29, 0.717) is 24.3 Å². The van der Waals surface area contributed by atoms with E-state index in [1.165, 1.54) is 9.91 Å². The minimum atomic E-state index is -0.245. The molecule has 178 valence electrons. The Morgan fingerprint density at radius 3 is 2.56 bits per heavy atom. The second-order valence-electron chi connectivity index (χ2n) is 7.97. The van der Waals surface area contributed by atoms with Gasteiger partial charge in [-0.2, -0.15) is 5.10 Å². The molecule has 1 atom stereocenters. The number of aryl methyl sites for hydroxylation is 1. The Labute approximate surface area is 203 Å². The van der Waals surface area contributed by atoms with Crippen LogP contribution in [0.2, 0.25) is 0 Å². The van der Waals surface area contributed by atoms with E-state index in [1.54, 1.807) is 49.8 Å². The Balaban J connectivity index is 1.58. The van der Waals surface area contributed by atoms with Crippen LogP contribution in [0.1, 0.15) is 33.4 Å². The van der Waals surface area contributed by atoms with Gasteiger partial charge in [-0.1, -0.05) is 6.07 Å². The molecule has 2 aromatic heterocycles. The topological polar surface area (TPSA) is 76.4 Å². The first kappa shape index (κ1) is 23.7. The van der Waals surface area contributed by atoms with Crippen LogP contribution in [0.15, 0.2) is 65.2 Å². The number of benzene rings is 1. The summed E-state index contributed by atoms with van der Waals surface area (Å²) in [5.41, 5.74) is 2.35. The normalized spacial score (nSPS) is 15.3. The summed E-state index contributed by atoms with van der Waals surface area (Å²) >= 11 is 1.60. The molecule has 1 aliphatic heterocycles. The van der Waals surface area contributed by atoms with Gasteiger partial charge in [-0.25, -0.2) is 5.01 Å². The lowest BCUT2D eigenvalue weighted by atomic mass is 10.1. The average molecular weight is 481 g/mol. The molecule has 0 spiro atoms. The lowest BCUT2D eigenvalue weighted by Gasteiger charge is -2.27. The number of ether oxygens (including phenoxy) is 2. The minimum absolute atomic E-state index is 0.101. The molecule has 9 heteroatoms. The molecular formula is C25H28N4O4S. The first-order valence-electron chi connectivity index (χ1n) is 11.0. The SMILES string of the molecule is COCCN(CC(=O)N1N=C(c2cccs2)C[C@@H]1c1cccn1C)C(=O)c1ccc(OC)cc1. The van der Waals surface area contributed by atoms with E-state index in [1.807, 2.05) is 47.5 Å². The van der Waals surface area contributed by atoms with Crippen LogP contribution in [-0.4, -0.2) is 65.9 Å². The molecule has 0 N–H and O–H groups in total. The van der Waals surface area contributed by atoms with E-state index in [4.69, 9.17) is 14.6 Å². The maximum atomic E-state index is 13.5. The zero-order valence-corrected chi connectivity index (χ0v) is 20.3. The lowest BCUT2D eigenvalue weighted by molar-refractivity contribution is -0.134. The van der Waals surface area contributed by atoms with E-state index < -0.39 is 0 Å².